The predicted molar refractivity (Wildman–Crippen MR) is 138 cm³/mol. The van der Waals surface area contributed by atoms with E-state index >= 15 is 0 Å². The first-order valence-electron chi connectivity index (χ1n) is 11.3. The summed E-state index contributed by atoms with van der Waals surface area (Å²) in [5, 5.41) is 8.59. The van der Waals surface area contributed by atoms with E-state index in [9.17, 15) is 9.59 Å². The fourth-order valence-corrected chi connectivity index (χ4v) is 4.74. The molecule has 0 fully saturated rings. The van der Waals surface area contributed by atoms with E-state index in [0.717, 1.165) is 22.0 Å². The highest BCUT2D eigenvalue weighted by Gasteiger charge is 2.20. The number of aryl methyl sites for hydroxylation is 2. The second-order valence-electron chi connectivity index (χ2n) is 8.49. The molecular weight excluding hydrogens is 442 g/mol. The Labute approximate surface area is 202 Å². The van der Waals surface area contributed by atoms with Gasteiger partial charge in [-0.25, -0.2) is 4.79 Å². The van der Waals surface area contributed by atoms with Crippen molar-refractivity contribution in [2.24, 2.45) is 7.05 Å². The normalized spacial score (nSPS) is 11.7. The summed E-state index contributed by atoms with van der Waals surface area (Å²) in [4.78, 5) is 35.5. The molecule has 5 aromatic rings. The zero-order chi connectivity index (χ0) is 25.1. The molecule has 7 nitrogen and oxygen atoms in total. The van der Waals surface area contributed by atoms with Crippen molar-refractivity contribution in [2.45, 2.75) is 26.4 Å². The number of hydrogen-bond acceptors (Lipinski definition) is 3. The van der Waals surface area contributed by atoms with Crippen LogP contribution in [0.3, 0.4) is 0 Å². The molecule has 0 radical (unpaired) electrons. The summed E-state index contributed by atoms with van der Waals surface area (Å²) in [5.41, 5.74) is 4.39. The third kappa shape index (κ3) is 4.28. The van der Waals surface area contributed by atoms with Crippen LogP contribution in [-0.4, -0.2) is 25.3 Å². The van der Waals surface area contributed by atoms with Crippen molar-refractivity contribution in [2.75, 3.05) is 0 Å². The maximum atomic E-state index is 13.8. The van der Waals surface area contributed by atoms with Crippen LogP contribution in [0.5, 0.6) is 0 Å². The molecular formula is C28H27N3O4. The van der Waals surface area contributed by atoms with Gasteiger partial charge in [-0.3, -0.25) is 18.7 Å². The van der Waals surface area contributed by atoms with Gasteiger partial charge in [-0.15, -0.1) is 0 Å². The summed E-state index contributed by atoms with van der Waals surface area (Å²) < 4.78 is 5.21. The van der Waals surface area contributed by atoms with Crippen LogP contribution >= 0.6 is 0 Å². The van der Waals surface area contributed by atoms with Crippen LogP contribution in [0.15, 0.2) is 88.6 Å². The lowest BCUT2D eigenvalue weighted by Crippen LogP contribution is -2.42. The molecule has 2 aromatic heterocycles. The first kappa shape index (κ1) is 23.8. The molecule has 0 bridgehead atoms. The number of carbonyl (C=O) groups is 1. The Bertz CT molecular complexity index is 1630. The Balaban J connectivity index is 0.000000917. The highest BCUT2D eigenvalue weighted by molar-refractivity contribution is 5.87. The molecule has 7 heteroatoms. The molecule has 1 N–H and O–H groups in total. The van der Waals surface area contributed by atoms with Gasteiger partial charge in [0.2, 0.25) is 0 Å². The minimum Gasteiger partial charge on any atom is -0.483 e. The summed E-state index contributed by atoms with van der Waals surface area (Å²) in [6.45, 7) is 4.13. The van der Waals surface area contributed by atoms with Gasteiger partial charge in [0.05, 0.1) is 23.5 Å². The lowest BCUT2D eigenvalue weighted by atomic mass is 10.1. The van der Waals surface area contributed by atoms with Crippen LogP contribution in [0, 0.1) is 6.92 Å². The summed E-state index contributed by atoms with van der Waals surface area (Å²) in [6, 6.07) is 22.9. The minimum atomic E-state index is -0.374. The molecule has 0 aliphatic heterocycles. The number of hydrogen-bond donors (Lipinski definition) is 1. The van der Waals surface area contributed by atoms with E-state index in [-0.39, 0.29) is 23.8 Å². The lowest BCUT2D eigenvalue weighted by Gasteiger charge is -2.19. The van der Waals surface area contributed by atoms with Crippen LogP contribution in [-0.2, 0) is 18.4 Å². The molecule has 35 heavy (non-hydrogen) atoms. The first-order valence-corrected chi connectivity index (χ1v) is 11.3. The zero-order valence-electron chi connectivity index (χ0n) is 19.9. The number of para-hydroxylation sites is 1. The van der Waals surface area contributed by atoms with Gasteiger partial charge in [0.25, 0.3) is 12.0 Å². The van der Waals surface area contributed by atoms with Crippen molar-refractivity contribution >= 4 is 28.3 Å². The predicted octanol–water partition coefficient (Wildman–Crippen LogP) is 4.32. The van der Waals surface area contributed by atoms with E-state index in [1.165, 1.54) is 10.1 Å². The van der Waals surface area contributed by atoms with Crippen LogP contribution in [0.1, 0.15) is 29.7 Å². The molecule has 0 aliphatic carbocycles. The average Bonchev–Trinajstić information content (AvgIpc) is 3.19. The highest BCUT2D eigenvalue weighted by atomic mass is 16.3. The number of carboxylic acid groups (broad SMARTS) is 1. The number of aromatic nitrogens is 3. The fraction of sp³-hybridized carbons (Fsp3) is 0.179. The second kappa shape index (κ2) is 9.85. The largest absolute Gasteiger partial charge is 0.483 e. The quantitative estimate of drug-likeness (QED) is 0.397. The van der Waals surface area contributed by atoms with Crippen LogP contribution in [0.2, 0.25) is 0 Å². The van der Waals surface area contributed by atoms with Gasteiger partial charge in [-0.1, -0.05) is 54.6 Å². The minimum absolute atomic E-state index is 0.250. The SMILES string of the molecule is Cc1cccc2c1c(Cn1c(=O)n(C(C)c3ccccc3)c(=O)c3ccccc31)cn2C.O=CO. The van der Waals surface area contributed by atoms with Gasteiger partial charge in [0.1, 0.15) is 0 Å². The van der Waals surface area contributed by atoms with Crippen molar-refractivity contribution in [3.05, 3.63) is 117 Å². The Morgan fingerprint density at radius 2 is 1.54 bits per heavy atom. The highest BCUT2D eigenvalue weighted by Crippen LogP contribution is 2.25. The summed E-state index contributed by atoms with van der Waals surface area (Å²) in [7, 11) is 2.02. The molecule has 0 aliphatic rings. The molecule has 3 aromatic carbocycles. The van der Waals surface area contributed by atoms with Crippen molar-refractivity contribution in [1.29, 1.82) is 0 Å². The topological polar surface area (TPSA) is 86.2 Å². The van der Waals surface area contributed by atoms with E-state index < -0.39 is 0 Å². The molecule has 0 amide bonds. The van der Waals surface area contributed by atoms with E-state index in [0.29, 0.717) is 17.4 Å². The van der Waals surface area contributed by atoms with Gasteiger partial charge in [-0.05, 0) is 48.7 Å². The number of fused-ring (bicyclic) bond motifs is 2. The van der Waals surface area contributed by atoms with E-state index in [4.69, 9.17) is 9.90 Å². The van der Waals surface area contributed by atoms with Gasteiger partial charge in [0.15, 0.2) is 0 Å². The monoisotopic (exact) mass is 469 g/mol. The summed E-state index contributed by atoms with van der Waals surface area (Å²) in [5.74, 6) is 0. The molecule has 2 heterocycles. The Kier molecular flexibility index (Phi) is 6.68. The van der Waals surface area contributed by atoms with Gasteiger partial charge in [0, 0.05) is 24.1 Å². The maximum absolute atomic E-state index is 13.8. The van der Waals surface area contributed by atoms with Gasteiger partial charge < -0.3 is 9.67 Å². The van der Waals surface area contributed by atoms with Gasteiger partial charge >= 0.3 is 5.69 Å². The smallest absolute Gasteiger partial charge is 0.332 e. The molecule has 5 rings (SSSR count). The third-order valence-electron chi connectivity index (χ3n) is 6.38. The van der Waals surface area contributed by atoms with Crippen LogP contribution < -0.4 is 11.2 Å². The average molecular weight is 470 g/mol. The van der Waals surface area contributed by atoms with Crippen molar-refractivity contribution < 1.29 is 9.90 Å². The molecule has 0 spiro atoms. The standard InChI is InChI=1S/C27H25N3O2.CH2O2/c1-18-10-9-15-24-25(18)21(16-28(24)3)17-29-23-14-8-7-13-22(23)26(31)30(27(29)32)19(2)20-11-5-4-6-12-20;2-1-3/h4-16,19H,17H2,1-3H3;1H,(H,2,3). The molecule has 0 saturated heterocycles. The molecule has 1 unspecified atom stereocenters. The molecule has 0 saturated carbocycles. The molecule has 178 valence electrons. The lowest BCUT2D eigenvalue weighted by molar-refractivity contribution is -0.122. The Morgan fingerprint density at radius 3 is 2.26 bits per heavy atom. The second-order valence-corrected chi connectivity index (χ2v) is 8.49. The Hall–Kier alpha value is -4.39. The Morgan fingerprint density at radius 1 is 0.914 bits per heavy atom. The number of benzene rings is 3. The van der Waals surface area contributed by atoms with Crippen molar-refractivity contribution in [1.82, 2.24) is 13.7 Å². The van der Waals surface area contributed by atoms with Gasteiger partial charge in [-0.2, -0.15) is 0 Å². The zero-order valence-corrected chi connectivity index (χ0v) is 19.9. The number of nitrogens with zero attached hydrogens (tertiary/aromatic N) is 3. The third-order valence-corrected chi connectivity index (χ3v) is 6.38. The molecule has 1 atom stereocenters. The van der Waals surface area contributed by atoms with E-state index in [1.54, 1.807) is 10.6 Å². The van der Waals surface area contributed by atoms with E-state index in [1.807, 2.05) is 68.6 Å². The maximum Gasteiger partial charge on any atom is 0.332 e. The van der Waals surface area contributed by atoms with Crippen molar-refractivity contribution in [3.8, 4) is 0 Å². The number of rotatable bonds is 4. The summed E-state index contributed by atoms with van der Waals surface area (Å²) >= 11 is 0. The summed E-state index contributed by atoms with van der Waals surface area (Å²) in [6.07, 6.45) is 2.08. The fourth-order valence-electron chi connectivity index (χ4n) is 4.74. The van der Waals surface area contributed by atoms with Crippen LogP contribution in [0.25, 0.3) is 21.8 Å². The van der Waals surface area contributed by atoms with Crippen LogP contribution in [0.4, 0.5) is 0 Å². The van der Waals surface area contributed by atoms with Crippen molar-refractivity contribution in [3.63, 3.8) is 0 Å². The van der Waals surface area contributed by atoms with E-state index in [2.05, 4.69) is 29.8 Å². The first-order chi connectivity index (χ1) is 16.9.